The molecule has 2 aliphatic rings. The monoisotopic (exact) mass is 681 g/mol. The summed E-state index contributed by atoms with van der Waals surface area (Å²) >= 11 is 0. The highest BCUT2D eigenvalue weighted by molar-refractivity contribution is 6.04. The first-order chi connectivity index (χ1) is 24.2. The van der Waals surface area contributed by atoms with E-state index in [1.165, 1.54) is 17.0 Å². The van der Waals surface area contributed by atoms with E-state index in [0.717, 1.165) is 17.7 Å². The van der Waals surface area contributed by atoms with Crippen LogP contribution in [0.25, 0.3) is 0 Å². The Bertz CT molecular complexity index is 1850. The summed E-state index contributed by atoms with van der Waals surface area (Å²) in [5.74, 6) is -1.46. The first-order valence-electron chi connectivity index (χ1n) is 16.2. The molecule has 3 atom stereocenters. The van der Waals surface area contributed by atoms with Gasteiger partial charge in [-0.15, -0.1) is 0 Å². The van der Waals surface area contributed by atoms with Gasteiger partial charge in [0.05, 0.1) is 23.3 Å². The molecule has 0 unspecified atom stereocenters. The fourth-order valence-corrected chi connectivity index (χ4v) is 5.98. The molecule has 12 heteroatoms. The summed E-state index contributed by atoms with van der Waals surface area (Å²) < 4.78 is 36.2. The summed E-state index contributed by atoms with van der Waals surface area (Å²) in [4.78, 5) is 56.0. The van der Waals surface area contributed by atoms with Crippen molar-refractivity contribution in [3.63, 3.8) is 0 Å². The Morgan fingerprint density at radius 2 is 1.52 bits per heavy atom. The molecular weight excluding hydrogens is 645 g/mol. The Morgan fingerprint density at radius 3 is 2.20 bits per heavy atom. The number of alkyl carbamates (subject to hydrolysis) is 1. The van der Waals surface area contributed by atoms with Gasteiger partial charge in [-0.25, -0.2) is 14.0 Å². The molecule has 4 aromatic rings. The molecule has 258 valence electrons. The van der Waals surface area contributed by atoms with Gasteiger partial charge < -0.3 is 34.5 Å². The molecular formula is C38H36FN3O8. The molecule has 2 heterocycles. The molecule has 50 heavy (non-hydrogen) atoms. The van der Waals surface area contributed by atoms with Crippen LogP contribution >= 0.6 is 0 Å². The van der Waals surface area contributed by atoms with E-state index in [4.69, 9.17) is 18.9 Å². The molecule has 2 N–H and O–H groups in total. The van der Waals surface area contributed by atoms with Crippen molar-refractivity contribution in [1.82, 2.24) is 10.6 Å². The van der Waals surface area contributed by atoms with Crippen LogP contribution in [0.3, 0.4) is 0 Å². The molecule has 0 radical (unpaired) electrons. The Labute approximate surface area is 288 Å². The van der Waals surface area contributed by atoms with E-state index in [2.05, 4.69) is 10.6 Å². The molecule has 2 aliphatic heterocycles. The zero-order valence-electron chi connectivity index (χ0n) is 27.5. The first kappa shape index (κ1) is 34.0. The van der Waals surface area contributed by atoms with E-state index >= 15 is 0 Å². The van der Waals surface area contributed by atoms with Gasteiger partial charge >= 0.3 is 12.1 Å². The Balaban J connectivity index is 1.35. The third-order valence-electron chi connectivity index (χ3n) is 8.37. The molecule has 4 aromatic carbocycles. The highest BCUT2D eigenvalue weighted by atomic mass is 19.1. The number of rotatable bonds is 11. The number of amides is 3. The van der Waals surface area contributed by atoms with Crippen LogP contribution < -0.4 is 25.0 Å². The van der Waals surface area contributed by atoms with Crippen LogP contribution in [0, 0.1) is 11.7 Å². The van der Waals surface area contributed by atoms with Crippen molar-refractivity contribution in [3.05, 3.63) is 125 Å². The predicted molar refractivity (Wildman–Crippen MR) is 180 cm³/mol. The van der Waals surface area contributed by atoms with E-state index < -0.39 is 47.8 Å². The maximum absolute atomic E-state index is 14.7. The summed E-state index contributed by atoms with van der Waals surface area (Å²) in [7, 11) is 0. The molecule has 0 fully saturated rings. The largest absolute Gasteiger partial charge is 0.460 e. The average molecular weight is 682 g/mol. The lowest BCUT2D eigenvalue weighted by Crippen LogP contribution is -2.54. The molecule has 0 bridgehead atoms. The Morgan fingerprint density at radius 1 is 0.860 bits per heavy atom. The summed E-state index contributed by atoms with van der Waals surface area (Å²) in [6, 6.07) is 22.9. The van der Waals surface area contributed by atoms with Gasteiger partial charge in [0, 0.05) is 17.2 Å². The number of benzene rings is 4. The van der Waals surface area contributed by atoms with Crippen LogP contribution in [0.4, 0.5) is 14.9 Å². The number of fused-ring (bicyclic) bond motifs is 2. The van der Waals surface area contributed by atoms with E-state index in [9.17, 15) is 23.6 Å². The molecule has 0 saturated carbocycles. The highest BCUT2D eigenvalue weighted by Crippen LogP contribution is 2.47. The molecule has 11 nitrogen and oxygen atoms in total. The maximum atomic E-state index is 14.7. The minimum atomic E-state index is -1.05. The van der Waals surface area contributed by atoms with Crippen molar-refractivity contribution in [2.24, 2.45) is 5.92 Å². The van der Waals surface area contributed by atoms with Crippen molar-refractivity contribution in [2.75, 3.05) is 18.3 Å². The lowest BCUT2D eigenvalue weighted by atomic mass is 10.0. The fraction of sp³-hybridized carbons (Fsp3) is 0.263. The van der Waals surface area contributed by atoms with Gasteiger partial charge in [-0.05, 0) is 60.4 Å². The molecule has 0 spiro atoms. The van der Waals surface area contributed by atoms with Crippen molar-refractivity contribution >= 4 is 29.6 Å². The first-order valence-corrected chi connectivity index (χ1v) is 16.2. The fourth-order valence-electron chi connectivity index (χ4n) is 5.98. The van der Waals surface area contributed by atoms with Crippen molar-refractivity contribution in [2.45, 2.75) is 45.0 Å². The van der Waals surface area contributed by atoms with Gasteiger partial charge in [-0.2, -0.15) is 0 Å². The lowest BCUT2D eigenvalue weighted by Gasteiger charge is -2.32. The summed E-state index contributed by atoms with van der Waals surface area (Å²) in [6.07, 6.45) is -0.518. The number of carbonyl (C=O) groups excluding carboxylic acids is 4. The number of nitrogens with one attached hydrogen (secondary N) is 2. The standard InChI is InChI=1S/C38H36FN3O8/c1-23(2)17-29(40-35(43)25-13-15-27(39)16-14-25)36(44)42-30-19-33-32(49-22-50-33)18-28(30)34(41-38(46)48-20-24-9-5-3-6-10-24)31(42)21-47-37(45)26-11-7-4-8-12-26/h3-16,18-19,23,29,31,34H,17,20-22H2,1-2H3,(H,40,43)(H,41,46)/t29-,31+,34-/m0/s1. The van der Waals surface area contributed by atoms with Gasteiger partial charge in [0.1, 0.15) is 25.1 Å². The van der Waals surface area contributed by atoms with Crippen LogP contribution in [0.5, 0.6) is 11.5 Å². The van der Waals surface area contributed by atoms with Crippen molar-refractivity contribution < 1.29 is 42.5 Å². The number of anilines is 1. The number of hydrogen-bond acceptors (Lipinski definition) is 8. The minimum absolute atomic E-state index is 0.00439. The zero-order chi connectivity index (χ0) is 35.2. The number of ether oxygens (including phenoxy) is 4. The van der Waals surface area contributed by atoms with Crippen LogP contribution in [-0.4, -0.2) is 49.4 Å². The number of esters is 1. The SMILES string of the molecule is CC(C)C[C@H](NC(=O)c1ccc(F)cc1)C(=O)N1c2cc3c(cc2[C@H](NC(=O)OCc2ccccc2)[C@H]1COC(=O)c1ccccc1)OCO3. The summed E-state index contributed by atoms with van der Waals surface area (Å²) in [6.45, 7) is 3.45. The molecule has 0 saturated heterocycles. The van der Waals surface area contributed by atoms with Gasteiger partial charge in [0.25, 0.3) is 5.91 Å². The zero-order valence-corrected chi connectivity index (χ0v) is 27.5. The third-order valence-corrected chi connectivity index (χ3v) is 8.37. The van der Waals surface area contributed by atoms with Crippen LogP contribution in [-0.2, 0) is 20.9 Å². The van der Waals surface area contributed by atoms with Crippen molar-refractivity contribution in [3.8, 4) is 11.5 Å². The molecule has 0 aromatic heterocycles. The Kier molecular flexibility index (Phi) is 10.3. The Hall–Kier alpha value is -5.91. The molecule has 6 rings (SSSR count). The van der Waals surface area contributed by atoms with E-state index in [0.29, 0.717) is 28.3 Å². The van der Waals surface area contributed by atoms with Crippen LogP contribution in [0.15, 0.2) is 97.1 Å². The maximum Gasteiger partial charge on any atom is 0.408 e. The van der Waals surface area contributed by atoms with Gasteiger partial charge in [-0.1, -0.05) is 62.4 Å². The second kappa shape index (κ2) is 15.1. The number of nitrogens with zero attached hydrogens (tertiary/aromatic N) is 1. The number of halogens is 1. The number of carbonyl (C=O) groups is 4. The van der Waals surface area contributed by atoms with Gasteiger partial charge in [0.15, 0.2) is 11.5 Å². The predicted octanol–water partition coefficient (Wildman–Crippen LogP) is 5.94. The summed E-state index contributed by atoms with van der Waals surface area (Å²) in [5.41, 5.74) is 2.12. The number of hydrogen-bond donors (Lipinski definition) is 2. The molecule has 0 aliphatic carbocycles. The third kappa shape index (κ3) is 7.70. The van der Waals surface area contributed by atoms with Crippen LogP contribution in [0.1, 0.15) is 58.2 Å². The lowest BCUT2D eigenvalue weighted by molar-refractivity contribution is -0.121. The normalized spacial score (nSPS) is 16.4. The van der Waals surface area contributed by atoms with Crippen molar-refractivity contribution in [1.29, 1.82) is 0 Å². The van der Waals surface area contributed by atoms with E-state index in [-0.39, 0.29) is 37.9 Å². The smallest absolute Gasteiger partial charge is 0.408 e. The quantitative estimate of drug-likeness (QED) is 0.186. The van der Waals surface area contributed by atoms with Gasteiger partial charge in [-0.3, -0.25) is 9.59 Å². The molecule has 3 amide bonds. The minimum Gasteiger partial charge on any atom is -0.460 e. The average Bonchev–Trinajstić information content (AvgIpc) is 3.70. The second-order valence-electron chi connectivity index (χ2n) is 12.4. The highest BCUT2D eigenvalue weighted by Gasteiger charge is 2.47. The van der Waals surface area contributed by atoms with Gasteiger partial charge in [0.2, 0.25) is 12.7 Å². The summed E-state index contributed by atoms with van der Waals surface area (Å²) in [5, 5.41) is 5.70. The van der Waals surface area contributed by atoms with E-state index in [1.54, 1.807) is 42.5 Å². The topological polar surface area (TPSA) is 133 Å². The van der Waals surface area contributed by atoms with Crippen LogP contribution in [0.2, 0.25) is 0 Å². The van der Waals surface area contributed by atoms with E-state index in [1.807, 2.05) is 44.2 Å². The second-order valence-corrected chi connectivity index (χ2v) is 12.4.